The minimum absolute atomic E-state index is 0.0680. The molecule has 5 rings (SSSR count). The van der Waals surface area contributed by atoms with Crippen molar-refractivity contribution in [1.82, 2.24) is 10.3 Å². The van der Waals surface area contributed by atoms with Gasteiger partial charge in [0, 0.05) is 34.2 Å². The standard InChI is InChI=1S/C24H25N3OS.C2HF3O2/c1-15-26-23(14-29-15)18-5-3-7-20(11-18)27-24(28)19-6-2-4-17(10-19)21-12-22(21)25-13-16-8-9-16;3-2(4,5)1(6)7/h2-7,10-11,14,16,21-22,25H,8-9,12-13H2,1H3,(H,27,28);(H,6,7). The lowest BCUT2D eigenvalue weighted by Crippen LogP contribution is -2.21. The Morgan fingerprint density at radius 1 is 1.14 bits per heavy atom. The molecule has 0 aliphatic heterocycles. The molecule has 2 aromatic carbocycles. The van der Waals surface area contributed by atoms with Crippen LogP contribution in [0.1, 0.15) is 46.1 Å². The molecular weight excluding hydrogens is 491 g/mol. The number of carboxylic acid groups (broad SMARTS) is 1. The minimum Gasteiger partial charge on any atom is -0.475 e. The highest BCUT2D eigenvalue weighted by molar-refractivity contribution is 7.09. The van der Waals surface area contributed by atoms with Crippen molar-refractivity contribution in [2.24, 2.45) is 5.92 Å². The van der Waals surface area contributed by atoms with Crippen LogP contribution in [0.5, 0.6) is 0 Å². The molecule has 1 amide bonds. The van der Waals surface area contributed by atoms with Crippen LogP contribution in [0.4, 0.5) is 18.9 Å². The molecule has 10 heteroatoms. The molecule has 0 radical (unpaired) electrons. The summed E-state index contributed by atoms with van der Waals surface area (Å²) in [5, 5.41) is 16.9. The van der Waals surface area contributed by atoms with Gasteiger partial charge in [-0.1, -0.05) is 24.3 Å². The van der Waals surface area contributed by atoms with E-state index in [-0.39, 0.29) is 5.91 Å². The van der Waals surface area contributed by atoms with Crippen molar-refractivity contribution in [2.45, 2.75) is 44.3 Å². The summed E-state index contributed by atoms with van der Waals surface area (Å²) in [7, 11) is 0. The van der Waals surface area contributed by atoms with E-state index in [0.717, 1.165) is 34.4 Å². The molecule has 1 aromatic heterocycles. The number of hydrogen-bond donors (Lipinski definition) is 3. The van der Waals surface area contributed by atoms with Crippen molar-refractivity contribution >= 4 is 28.9 Å². The summed E-state index contributed by atoms with van der Waals surface area (Å²) in [5.41, 5.74) is 4.73. The lowest BCUT2D eigenvalue weighted by Gasteiger charge is -2.09. The van der Waals surface area contributed by atoms with Gasteiger partial charge in [0.25, 0.3) is 5.91 Å². The number of alkyl halides is 3. The van der Waals surface area contributed by atoms with E-state index in [1.165, 1.54) is 24.8 Å². The lowest BCUT2D eigenvalue weighted by atomic mass is 10.1. The second kappa shape index (κ2) is 10.8. The Morgan fingerprint density at radius 2 is 1.86 bits per heavy atom. The normalized spacial score (nSPS) is 18.7. The summed E-state index contributed by atoms with van der Waals surface area (Å²) in [5.74, 6) is -1.39. The van der Waals surface area contributed by atoms with Crippen molar-refractivity contribution in [2.75, 3.05) is 11.9 Å². The van der Waals surface area contributed by atoms with Crippen LogP contribution in [-0.4, -0.2) is 40.7 Å². The number of hydrogen-bond acceptors (Lipinski definition) is 5. The Bertz CT molecular complexity index is 1240. The van der Waals surface area contributed by atoms with Crippen LogP contribution in [0, 0.1) is 12.8 Å². The Labute approximate surface area is 210 Å². The number of aryl methyl sites for hydroxylation is 1. The highest BCUT2D eigenvalue weighted by atomic mass is 32.1. The van der Waals surface area contributed by atoms with Gasteiger partial charge in [-0.25, -0.2) is 9.78 Å². The molecule has 2 atom stereocenters. The zero-order chi connectivity index (χ0) is 25.9. The lowest BCUT2D eigenvalue weighted by molar-refractivity contribution is -0.192. The summed E-state index contributed by atoms with van der Waals surface area (Å²) in [4.78, 5) is 26.3. The van der Waals surface area contributed by atoms with Gasteiger partial charge in [0.2, 0.25) is 0 Å². The van der Waals surface area contributed by atoms with Gasteiger partial charge in [-0.05, 0) is 68.5 Å². The number of aliphatic carboxylic acids is 1. The molecule has 2 aliphatic carbocycles. The molecule has 2 aliphatic rings. The van der Waals surface area contributed by atoms with Crippen LogP contribution >= 0.6 is 11.3 Å². The molecule has 0 bridgehead atoms. The monoisotopic (exact) mass is 517 g/mol. The summed E-state index contributed by atoms with van der Waals surface area (Å²) < 4.78 is 31.7. The fourth-order valence-electron chi connectivity index (χ4n) is 3.80. The van der Waals surface area contributed by atoms with E-state index in [2.05, 4.69) is 21.7 Å². The van der Waals surface area contributed by atoms with Crippen LogP contribution in [-0.2, 0) is 4.79 Å². The second-order valence-electron chi connectivity index (χ2n) is 9.02. The molecule has 0 saturated heterocycles. The summed E-state index contributed by atoms with van der Waals surface area (Å²) in [6.07, 6.45) is -1.15. The van der Waals surface area contributed by atoms with Gasteiger partial charge in [-0.2, -0.15) is 13.2 Å². The van der Waals surface area contributed by atoms with Crippen LogP contribution < -0.4 is 10.6 Å². The van der Waals surface area contributed by atoms with Crippen molar-refractivity contribution in [1.29, 1.82) is 0 Å². The molecule has 2 saturated carbocycles. The van der Waals surface area contributed by atoms with Crippen LogP contribution in [0.15, 0.2) is 53.9 Å². The maximum Gasteiger partial charge on any atom is 0.490 e. The van der Waals surface area contributed by atoms with Crippen LogP contribution in [0.2, 0.25) is 0 Å². The average molecular weight is 518 g/mol. The van der Waals surface area contributed by atoms with Crippen LogP contribution in [0.25, 0.3) is 11.3 Å². The fraction of sp³-hybridized carbons (Fsp3) is 0.346. The highest BCUT2D eigenvalue weighted by Crippen LogP contribution is 2.42. The molecule has 2 unspecified atom stereocenters. The first-order chi connectivity index (χ1) is 17.1. The number of carboxylic acids is 1. The van der Waals surface area contributed by atoms with E-state index in [1.807, 2.05) is 54.8 Å². The molecule has 3 N–H and O–H groups in total. The van der Waals surface area contributed by atoms with E-state index in [9.17, 15) is 18.0 Å². The number of rotatable bonds is 7. The maximum atomic E-state index is 12.8. The molecule has 3 aromatic rings. The smallest absolute Gasteiger partial charge is 0.475 e. The topological polar surface area (TPSA) is 91.3 Å². The third kappa shape index (κ3) is 7.14. The Kier molecular flexibility index (Phi) is 7.75. The predicted octanol–water partition coefficient (Wildman–Crippen LogP) is 5.86. The number of thiazole rings is 1. The second-order valence-corrected chi connectivity index (χ2v) is 10.1. The van der Waals surface area contributed by atoms with E-state index < -0.39 is 12.1 Å². The van der Waals surface area contributed by atoms with Gasteiger partial charge < -0.3 is 15.7 Å². The third-order valence-corrected chi connectivity index (χ3v) is 6.78. The Morgan fingerprint density at radius 3 is 2.50 bits per heavy atom. The van der Waals surface area contributed by atoms with Crippen molar-refractivity contribution in [3.8, 4) is 11.3 Å². The molecule has 190 valence electrons. The Balaban J connectivity index is 0.000000384. The van der Waals surface area contributed by atoms with E-state index in [1.54, 1.807) is 11.3 Å². The van der Waals surface area contributed by atoms with E-state index in [0.29, 0.717) is 17.5 Å². The van der Waals surface area contributed by atoms with Crippen LogP contribution in [0.3, 0.4) is 0 Å². The first-order valence-electron chi connectivity index (χ1n) is 11.6. The number of anilines is 1. The third-order valence-electron chi connectivity index (χ3n) is 6.01. The fourth-order valence-corrected chi connectivity index (χ4v) is 4.42. The number of benzene rings is 2. The van der Waals surface area contributed by atoms with Crippen molar-refractivity contribution < 1.29 is 27.9 Å². The van der Waals surface area contributed by atoms with Crippen molar-refractivity contribution in [3.05, 3.63) is 70.0 Å². The maximum absolute atomic E-state index is 12.8. The van der Waals surface area contributed by atoms with Gasteiger partial charge in [-0.15, -0.1) is 11.3 Å². The van der Waals surface area contributed by atoms with Gasteiger partial charge in [-0.3, -0.25) is 4.79 Å². The number of halogens is 3. The molecule has 2 fully saturated rings. The summed E-state index contributed by atoms with van der Waals surface area (Å²) in [6, 6.07) is 16.5. The zero-order valence-electron chi connectivity index (χ0n) is 19.5. The van der Waals surface area contributed by atoms with E-state index >= 15 is 0 Å². The number of carbonyl (C=O) groups excluding carboxylic acids is 1. The zero-order valence-corrected chi connectivity index (χ0v) is 20.3. The number of nitrogens with one attached hydrogen (secondary N) is 2. The quantitative estimate of drug-likeness (QED) is 0.365. The largest absolute Gasteiger partial charge is 0.490 e. The van der Waals surface area contributed by atoms with Gasteiger partial charge in [0.15, 0.2) is 0 Å². The summed E-state index contributed by atoms with van der Waals surface area (Å²) in [6.45, 7) is 3.15. The molecule has 6 nitrogen and oxygen atoms in total. The number of nitrogens with zero attached hydrogens (tertiary/aromatic N) is 1. The molecular formula is C26H26F3N3O3S. The minimum atomic E-state index is -5.08. The van der Waals surface area contributed by atoms with E-state index in [4.69, 9.17) is 9.90 Å². The first-order valence-corrected chi connectivity index (χ1v) is 12.5. The van der Waals surface area contributed by atoms with Gasteiger partial charge in [0.1, 0.15) is 0 Å². The highest BCUT2D eigenvalue weighted by Gasteiger charge is 2.39. The Hall–Kier alpha value is -3.24. The number of aromatic nitrogens is 1. The SMILES string of the molecule is Cc1nc(-c2cccc(NC(=O)c3cccc(C4CC4NCC4CC4)c3)c2)cs1.O=C(O)C(F)(F)F. The van der Waals surface area contributed by atoms with Crippen molar-refractivity contribution in [3.63, 3.8) is 0 Å². The molecule has 1 heterocycles. The number of amides is 1. The average Bonchev–Trinajstić information content (AvgIpc) is 3.76. The van der Waals surface area contributed by atoms with Gasteiger partial charge >= 0.3 is 12.1 Å². The number of carbonyl (C=O) groups is 2. The molecule has 0 spiro atoms. The first kappa shape index (κ1) is 25.8. The molecule has 36 heavy (non-hydrogen) atoms. The van der Waals surface area contributed by atoms with Gasteiger partial charge in [0.05, 0.1) is 10.7 Å². The summed E-state index contributed by atoms with van der Waals surface area (Å²) >= 11 is 1.63. The predicted molar refractivity (Wildman–Crippen MR) is 132 cm³/mol.